The van der Waals surface area contributed by atoms with Crippen molar-refractivity contribution in [3.8, 4) is 27.7 Å². The number of hydrogen-bond donors (Lipinski definition) is 2. The number of carboxylic acid groups (broad SMARTS) is 1. The van der Waals surface area contributed by atoms with Crippen molar-refractivity contribution < 1.29 is 24.5 Å². The molecule has 0 bridgehead atoms. The quantitative estimate of drug-likeness (QED) is 0.274. The zero-order chi connectivity index (χ0) is 22.0. The molecule has 0 aliphatic carbocycles. The average Bonchev–Trinajstić information content (AvgIpc) is 3.10. The zero-order valence-electron chi connectivity index (χ0n) is 16.5. The first-order valence-electron chi connectivity index (χ1n) is 9.47. The molecule has 154 valence electrons. The van der Waals surface area contributed by atoms with Gasteiger partial charge >= 0.3 is 5.97 Å². The van der Waals surface area contributed by atoms with Crippen LogP contribution in [0.1, 0.15) is 22.8 Å². The van der Waals surface area contributed by atoms with Gasteiger partial charge in [0.15, 0.2) is 11.5 Å². The van der Waals surface area contributed by atoms with Gasteiger partial charge in [0.05, 0.1) is 4.88 Å². The lowest BCUT2D eigenvalue weighted by molar-refractivity contribution is -0.131. The Morgan fingerprint density at radius 2 is 1.74 bits per heavy atom. The minimum absolute atomic E-state index is 0.0450. The monoisotopic (exact) mass is 430 g/mol. The lowest BCUT2D eigenvalue weighted by Crippen LogP contribution is -1.95. The minimum atomic E-state index is -1.01. The molecule has 31 heavy (non-hydrogen) atoms. The second kappa shape index (κ2) is 8.45. The van der Waals surface area contributed by atoms with Gasteiger partial charge in [-0.1, -0.05) is 36.4 Å². The van der Waals surface area contributed by atoms with Crippen LogP contribution in [0.5, 0.6) is 17.2 Å². The van der Waals surface area contributed by atoms with E-state index in [0.29, 0.717) is 17.1 Å². The lowest BCUT2D eigenvalue weighted by atomic mass is 10.0. The van der Waals surface area contributed by atoms with Crippen molar-refractivity contribution in [2.24, 2.45) is 0 Å². The second-order valence-electron chi connectivity index (χ2n) is 6.89. The summed E-state index contributed by atoms with van der Waals surface area (Å²) in [6.45, 7) is 1.53. The van der Waals surface area contributed by atoms with E-state index in [4.69, 9.17) is 9.84 Å². The van der Waals surface area contributed by atoms with E-state index in [1.165, 1.54) is 24.3 Å². The number of phenolic OH excluding ortho intramolecular Hbond substituents is 1. The number of aromatic hydroxyl groups is 1. The number of rotatable bonds is 6. The van der Waals surface area contributed by atoms with Crippen LogP contribution >= 0.6 is 11.3 Å². The molecule has 0 aliphatic heterocycles. The predicted octanol–water partition coefficient (Wildman–Crippen LogP) is 6.37. The Balaban J connectivity index is 1.81. The fraction of sp³-hybridized carbons (Fsp3) is 0.0400. The zero-order valence-corrected chi connectivity index (χ0v) is 17.3. The van der Waals surface area contributed by atoms with Gasteiger partial charge in [-0.05, 0) is 48.9 Å². The highest BCUT2D eigenvalue weighted by Crippen LogP contribution is 2.48. The normalized spacial score (nSPS) is 11.1. The van der Waals surface area contributed by atoms with Crippen LogP contribution in [0.2, 0.25) is 0 Å². The molecule has 0 saturated carbocycles. The molecule has 2 N–H and O–H groups in total. The Kier molecular flexibility index (Phi) is 5.56. The molecule has 0 atom stereocenters. The molecule has 5 nitrogen and oxygen atoms in total. The Hall–Kier alpha value is -3.90. The van der Waals surface area contributed by atoms with Crippen molar-refractivity contribution in [2.45, 2.75) is 6.92 Å². The van der Waals surface area contributed by atoms with E-state index in [9.17, 15) is 14.7 Å². The molecule has 0 unspecified atom stereocenters. The molecule has 4 aromatic rings. The largest absolute Gasteiger partial charge is 0.508 e. The predicted molar refractivity (Wildman–Crippen MR) is 122 cm³/mol. The maximum absolute atomic E-state index is 12.2. The first kappa shape index (κ1) is 20.4. The van der Waals surface area contributed by atoms with Crippen LogP contribution in [-0.2, 0) is 4.79 Å². The number of carboxylic acids is 1. The van der Waals surface area contributed by atoms with Gasteiger partial charge in [-0.25, -0.2) is 4.79 Å². The number of Topliss-reactive ketones (excluding diaryl/α,β-unsaturated/α-hetero) is 1. The molecule has 0 aliphatic rings. The molecule has 6 heteroatoms. The van der Waals surface area contributed by atoms with Crippen molar-refractivity contribution in [2.75, 3.05) is 0 Å². The third-order valence-electron chi connectivity index (χ3n) is 4.70. The highest BCUT2D eigenvalue weighted by Gasteiger charge is 2.20. The Bertz CT molecular complexity index is 1320. The van der Waals surface area contributed by atoms with Gasteiger partial charge in [0.25, 0.3) is 0 Å². The maximum Gasteiger partial charge on any atom is 0.328 e. The van der Waals surface area contributed by atoms with Crippen molar-refractivity contribution in [3.05, 3.63) is 83.9 Å². The second-order valence-corrected chi connectivity index (χ2v) is 7.94. The Morgan fingerprint density at radius 1 is 1.00 bits per heavy atom. The van der Waals surface area contributed by atoms with Gasteiger partial charge in [0.1, 0.15) is 11.5 Å². The van der Waals surface area contributed by atoms with Crippen LogP contribution in [0.3, 0.4) is 0 Å². The molecule has 1 aromatic heterocycles. The number of hydrogen-bond acceptors (Lipinski definition) is 5. The summed E-state index contributed by atoms with van der Waals surface area (Å²) in [5.74, 6) is 0.268. The number of ketones is 1. The van der Waals surface area contributed by atoms with Crippen LogP contribution in [0.4, 0.5) is 0 Å². The highest BCUT2D eigenvalue weighted by atomic mass is 32.1. The third-order valence-corrected chi connectivity index (χ3v) is 5.86. The number of phenols is 1. The standard InChI is InChI=1S/C25H18O5S/c1-15(26)19-4-2-3-5-20(19)25-24(21-12-9-17(27)14-22(21)31-25)30-18-10-6-16(7-11-18)8-13-23(28)29/h2-14,27H,1H3,(H,28,29). The van der Waals surface area contributed by atoms with E-state index in [1.807, 2.05) is 18.2 Å². The Labute approximate surface area is 182 Å². The van der Waals surface area contributed by atoms with Crippen LogP contribution < -0.4 is 4.74 Å². The van der Waals surface area contributed by atoms with E-state index in [0.717, 1.165) is 32.2 Å². The summed E-state index contributed by atoms with van der Waals surface area (Å²) in [6.07, 6.45) is 2.58. The number of ether oxygens (including phenoxy) is 1. The summed E-state index contributed by atoms with van der Waals surface area (Å²) in [4.78, 5) is 23.7. The molecule has 3 aromatic carbocycles. The van der Waals surface area contributed by atoms with Gasteiger partial charge in [0.2, 0.25) is 0 Å². The van der Waals surface area contributed by atoms with Crippen LogP contribution in [0.25, 0.3) is 26.6 Å². The summed E-state index contributed by atoms with van der Waals surface area (Å²) < 4.78 is 7.09. The summed E-state index contributed by atoms with van der Waals surface area (Å²) in [5, 5.41) is 19.5. The van der Waals surface area contributed by atoms with E-state index >= 15 is 0 Å². The van der Waals surface area contributed by atoms with Crippen molar-refractivity contribution in [3.63, 3.8) is 0 Å². The van der Waals surface area contributed by atoms with E-state index < -0.39 is 5.97 Å². The molecular weight excluding hydrogens is 412 g/mol. The third kappa shape index (κ3) is 4.34. The van der Waals surface area contributed by atoms with Gasteiger partial charge in [0, 0.05) is 27.3 Å². The van der Waals surface area contributed by atoms with E-state index in [1.54, 1.807) is 48.5 Å². The SMILES string of the molecule is CC(=O)c1ccccc1-c1sc2cc(O)ccc2c1Oc1ccc(C=CC(=O)O)cc1. The van der Waals surface area contributed by atoms with Gasteiger partial charge < -0.3 is 14.9 Å². The van der Waals surface area contributed by atoms with Crippen LogP contribution in [-0.4, -0.2) is 22.0 Å². The highest BCUT2D eigenvalue weighted by molar-refractivity contribution is 7.22. The minimum Gasteiger partial charge on any atom is -0.508 e. The number of carbonyl (C=O) groups is 2. The lowest BCUT2D eigenvalue weighted by Gasteiger charge is -2.10. The fourth-order valence-corrected chi connectivity index (χ4v) is 4.46. The molecule has 0 radical (unpaired) electrons. The number of carbonyl (C=O) groups excluding carboxylic acids is 1. The number of benzene rings is 3. The first-order chi connectivity index (χ1) is 14.9. The number of thiophene rings is 1. The molecule has 0 saturated heterocycles. The van der Waals surface area contributed by atoms with Crippen LogP contribution in [0.15, 0.2) is 72.8 Å². The van der Waals surface area contributed by atoms with Crippen molar-refractivity contribution >= 4 is 39.3 Å². The van der Waals surface area contributed by atoms with Crippen molar-refractivity contribution in [1.29, 1.82) is 0 Å². The number of fused-ring (bicyclic) bond motifs is 1. The molecular formula is C25H18O5S. The van der Waals surface area contributed by atoms with E-state index in [2.05, 4.69) is 0 Å². The van der Waals surface area contributed by atoms with Gasteiger partial charge in [-0.3, -0.25) is 4.79 Å². The first-order valence-corrected chi connectivity index (χ1v) is 10.3. The molecule has 1 heterocycles. The Morgan fingerprint density at radius 3 is 2.45 bits per heavy atom. The average molecular weight is 430 g/mol. The summed E-state index contributed by atoms with van der Waals surface area (Å²) >= 11 is 1.44. The van der Waals surface area contributed by atoms with Crippen molar-refractivity contribution in [1.82, 2.24) is 0 Å². The van der Waals surface area contributed by atoms with Gasteiger partial charge in [-0.15, -0.1) is 11.3 Å². The molecule has 0 spiro atoms. The molecule has 4 rings (SSSR count). The number of aliphatic carboxylic acids is 1. The van der Waals surface area contributed by atoms with Gasteiger partial charge in [-0.2, -0.15) is 0 Å². The summed E-state index contributed by atoms with van der Waals surface area (Å²) in [6, 6.07) is 19.5. The topological polar surface area (TPSA) is 83.8 Å². The van der Waals surface area contributed by atoms with E-state index in [-0.39, 0.29) is 11.5 Å². The molecule has 0 amide bonds. The van der Waals surface area contributed by atoms with Crippen LogP contribution in [0, 0.1) is 0 Å². The smallest absolute Gasteiger partial charge is 0.328 e. The summed E-state index contributed by atoms with van der Waals surface area (Å²) in [5.41, 5.74) is 2.10. The maximum atomic E-state index is 12.2. The summed E-state index contributed by atoms with van der Waals surface area (Å²) in [7, 11) is 0. The fourth-order valence-electron chi connectivity index (χ4n) is 3.26. The molecule has 0 fully saturated rings.